The van der Waals surface area contributed by atoms with E-state index in [-0.39, 0.29) is 50.6 Å². The van der Waals surface area contributed by atoms with Crippen LogP contribution in [0.3, 0.4) is 0 Å². The van der Waals surface area contributed by atoms with Crippen LogP contribution in [0.4, 0.5) is 0 Å². The number of hydrogen-bond donors (Lipinski definition) is 4. The zero-order valence-electron chi connectivity index (χ0n) is 20.3. The van der Waals surface area contributed by atoms with Crippen LogP contribution in [0.2, 0.25) is 0 Å². The molecule has 0 aromatic carbocycles. The van der Waals surface area contributed by atoms with Gasteiger partial charge in [0.15, 0.2) is 5.60 Å². The van der Waals surface area contributed by atoms with Crippen molar-refractivity contribution in [3.8, 4) is 0 Å². The van der Waals surface area contributed by atoms with Gasteiger partial charge in [-0.05, 0) is 25.7 Å². The Hall–Kier alpha value is -1.43. The molecule has 0 bridgehead atoms. The van der Waals surface area contributed by atoms with Crippen LogP contribution in [0, 0.1) is 0 Å². The van der Waals surface area contributed by atoms with E-state index < -0.39 is 48.3 Å². The summed E-state index contributed by atoms with van der Waals surface area (Å²) in [6, 6.07) is 0. The van der Waals surface area contributed by atoms with Gasteiger partial charge >= 0.3 is 55.6 Å². The van der Waals surface area contributed by atoms with Gasteiger partial charge in [0, 0.05) is 11.9 Å². The van der Waals surface area contributed by atoms with Gasteiger partial charge in [0.25, 0.3) is 0 Å². The molecule has 0 atom stereocenters. The van der Waals surface area contributed by atoms with E-state index >= 15 is 0 Å². The molecule has 4 N–H and O–H groups in total. The molecular formula is C22H38CaO11. The van der Waals surface area contributed by atoms with Crippen molar-refractivity contribution in [3.63, 3.8) is 0 Å². The van der Waals surface area contributed by atoms with E-state index in [4.69, 9.17) is 20.4 Å². The summed E-state index contributed by atoms with van der Waals surface area (Å²) in [5.41, 5.74) is -2.74. The third kappa shape index (κ3) is 32.7. The van der Waals surface area contributed by atoms with Crippen molar-refractivity contribution in [1.29, 1.82) is 0 Å². The van der Waals surface area contributed by atoms with Crippen LogP contribution in [-0.2, 0) is 24.0 Å². The van der Waals surface area contributed by atoms with Gasteiger partial charge in [0.2, 0.25) is 0 Å². The zero-order chi connectivity index (χ0) is 26.3. The number of carbonyl (C=O) groups is 5. The van der Waals surface area contributed by atoms with Gasteiger partial charge in [-0.25, -0.2) is 4.79 Å². The first kappa shape index (κ1) is 39.8. The van der Waals surface area contributed by atoms with Crippen molar-refractivity contribution in [1.82, 2.24) is 0 Å². The zero-order valence-corrected chi connectivity index (χ0v) is 22.5. The van der Waals surface area contributed by atoms with Gasteiger partial charge in [-0.2, -0.15) is 0 Å². The summed E-state index contributed by atoms with van der Waals surface area (Å²) in [6.45, 7) is 4.28. The molecule has 0 heterocycles. The predicted molar refractivity (Wildman–Crippen MR) is 120 cm³/mol. The fraction of sp³-hybridized carbons (Fsp3) is 0.773. The Morgan fingerprint density at radius 2 is 0.912 bits per heavy atom. The Kier molecular flexibility index (Phi) is 30.6. The molecule has 34 heavy (non-hydrogen) atoms. The minimum absolute atomic E-state index is 0. The molecule has 12 heteroatoms. The summed E-state index contributed by atoms with van der Waals surface area (Å²) in [6.07, 6.45) is 8.93. The summed E-state index contributed by atoms with van der Waals surface area (Å²) >= 11 is 0. The SMILES string of the molecule is CCCCCCCC(=O)[O-].CCCCCCCC(=O)[O-].O=C(O)CC(O)(CC(=O)O)C(=O)O.[Ca+2]. The fourth-order valence-electron chi connectivity index (χ4n) is 2.46. The van der Waals surface area contributed by atoms with E-state index in [2.05, 4.69) is 13.8 Å². The summed E-state index contributed by atoms with van der Waals surface area (Å²) in [5, 5.41) is 53.7. The first-order valence-electron chi connectivity index (χ1n) is 11.1. The first-order valence-corrected chi connectivity index (χ1v) is 11.1. The Morgan fingerprint density at radius 3 is 1.12 bits per heavy atom. The maximum Gasteiger partial charge on any atom is 2.00 e. The average molecular weight is 519 g/mol. The van der Waals surface area contributed by atoms with E-state index in [1.54, 1.807) is 0 Å². The van der Waals surface area contributed by atoms with E-state index in [0.29, 0.717) is 0 Å². The van der Waals surface area contributed by atoms with E-state index in [1.165, 1.54) is 25.7 Å². The maximum absolute atomic E-state index is 10.3. The van der Waals surface area contributed by atoms with Crippen LogP contribution >= 0.6 is 0 Å². The molecule has 0 aliphatic rings. The number of carboxylic acids is 5. The second-order valence-electron chi connectivity index (χ2n) is 7.55. The quantitative estimate of drug-likeness (QED) is 0.154. The maximum atomic E-state index is 10.3. The van der Waals surface area contributed by atoms with Crippen molar-refractivity contribution in [2.45, 2.75) is 109 Å². The van der Waals surface area contributed by atoms with Crippen molar-refractivity contribution in [2.24, 2.45) is 0 Å². The molecule has 0 saturated carbocycles. The molecule has 0 amide bonds. The third-order valence-electron chi connectivity index (χ3n) is 4.25. The Bertz CT molecular complexity index is 539. The molecule has 0 saturated heterocycles. The van der Waals surface area contributed by atoms with Crippen LogP contribution in [0.25, 0.3) is 0 Å². The molecule has 0 aliphatic heterocycles. The summed E-state index contributed by atoms with van der Waals surface area (Å²) < 4.78 is 0. The Morgan fingerprint density at radius 1 is 0.618 bits per heavy atom. The van der Waals surface area contributed by atoms with Crippen molar-refractivity contribution < 1.29 is 54.6 Å². The number of hydrogen-bond acceptors (Lipinski definition) is 8. The van der Waals surface area contributed by atoms with Gasteiger partial charge in [0.05, 0.1) is 12.8 Å². The van der Waals surface area contributed by atoms with Crippen LogP contribution in [-0.4, -0.2) is 93.6 Å². The number of aliphatic carboxylic acids is 5. The van der Waals surface area contributed by atoms with Crippen LogP contribution in [0.5, 0.6) is 0 Å². The number of rotatable bonds is 17. The minimum Gasteiger partial charge on any atom is -0.550 e. The van der Waals surface area contributed by atoms with E-state index in [1.807, 2.05) is 0 Å². The fourth-order valence-corrected chi connectivity index (χ4v) is 2.46. The number of carboxylic acid groups (broad SMARTS) is 5. The minimum atomic E-state index is -2.74. The molecule has 0 unspecified atom stereocenters. The molecular weight excluding hydrogens is 480 g/mol. The van der Waals surface area contributed by atoms with Gasteiger partial charge in [-0.3, -0.25) is 9.59 Å². The molecule has 0 aliphatic carbocycles. The third-order valence-corrected chi connectivity index (χ3v) is 4.25. The molecule has 0 fully saturated rings. The number of carbonyl (C=O) groups excluding carboxylic acids is 2. The van der Waals surface area contributed by atoms with Crippen LogP contribution < -0.4 is 10.2 Å². The largest absolute Gasteiger partial charge is 2.00 e. The molecule has 0 aromatic heterocycles. The first-order chi connectivity index (χ1) is 15.3. The molecule has 0 spiro atoms. The smallest absolute Gasteiger partial charge is 0.550 e. The Labute approximate surface area is 230 Å². The number of unbranched alkanes of at least 4 members (excludes halogenated alkanes) is 8. The van der Waals surface area contributed by atoms with Gasteiger partial charge in [-0.1, -0.05) is 65.2 Å². The van der Waals surface area contributed by atoms with Gasteiger partial charge < -0.3 is 40.2 Å². The summed E-state index contributed by atoms with van der Waals surface area (Å²) in [4.78, 5) is 50.3. The van der Waals surface area contributed by atoms with Gasteiger partial charge in [0.1, 0.15) is 0 Å². The second kappa shape index (κ2) is 26.2. The molecule has 11 nitrogen and oxygen atoms in total. The monoisotopic (exact) mass is 518 g/mol. The predicted octanol–water partition coefficient (Wildman–Crippen LogP) is 0.564. The molecule has 0 aromatic rings. The summed E-state index contributed by atoms with van der Waals surface area (Å²) in [7, 11) is 0. The van der Waals surface area contributed by atoms with Gasteiger partial charge in [-0.15, -0.1) is 0 Å². The van der Waals surface area contributed by atoms with Crippen molar-refractivity contribution in [3.05, 3.63) is 0 Å². The molecule has 194 valence electrons. The standard InChI is InChI=1S/2C8H16O2.C6H8O7.Ca/c2*1-2-3-4-5-6-7-8(9)10;7-3(8)1-6(13,5(11)12)2-4(9)10;/h2*2-7H2,1H3,(H,9,10);13H,1-2H2,(H,7,8)(H,9,10)(H,11,12);/q;;;+2/p-2. The molecule has 0 radical (unpaired) electrons. The summed E-state index contributed by atoms with van der Waals surface area (Å²) in [5.74, 6) is -6.86. The number of aliphatic hydroxyl groups is 1. The van der Waals surface area contributed by atoms with E-state index in [9.17, 15) is 34.2 Å². The van der Waals surface area contributed by atoms with Crippen LogP contribution in [0.1, 0.15) is 104 Å². The Balaban J connectivity index is -0.000000198. The van der Waals surface area contributed by atoms with E-state index in [0.717, 1.165) is 38.5 Å². The van der Waals surface area contributed by atoms with Crippen molar-refractivity contribution in [2.75, 3.05) is 0 Å². The van der Waals surface area contributed by atoms with Crippen LogP contribution in [0.15, 0.2) is 0 Å². The topological polar surface area (TPSA) is 212 Å². The second-order valence-corrected chi connectivity index (χ2v) is 7.55. The normalized spacial score (nSPS) is 9.85. The van der Waals surface area contributed by atoms with Crippen molar-refractivity contribution >= 4 is 67.6 Å². The average Bonchev–Trinajstić information content (AvgIpc) is 2.67. The molecule has 0 rings (SSSR count).